The highest BCUT2D eigenvalue weighted by Gasteiger charge is 2.25. The topological polar surface area (TPSA) is 85.8 Å². The third kappa shape index (κ3) is 3.90. The van der Waals surface area contributed by atoms with Crippen molar-refractivity contribution in [3.8, 4) is 11.4 Å². The van der Waals surface area contributed by atoms with E-state index in [1.165, 1.54) is 15.8 Å². The highest BCUT2D eigenvalue weighted by Crippen LogP contribution is 2.30. The van der Waals surface area contributed by atoms with Crippen molar-refractivity contribution in [2.45, 2.75) is 25.3 Å². The van der Waals surface area contributed by atoms with Crippen LogP contribution in [0.5, 0.6) is 0 Å². The van der Waals surface area contributed by atoms with E-state index in [1.54, 1.807) is 24.5 Å². The number of carbonyl (C=O) groups is 1. The second kappa shape index (κ2) is 8.39. The molecule has 1 atom stereocenters. The summed E-state index contributed by atoms with van der Waals surface area (Å²) in [6.07, 6.45) is 6.17. The van der Waals surface area contributed by atoms with Crippen LogP contribution in [-0.2, 0) is 11.2 Å². The molecule has 154 valence electrons. The Hall–Kier alpha value is -4.00. The molecule has 0 spiro atoms. The zero-order valence-corrected chi connectivity index (χ0v) is 16.8. The standard InChI is InChI=1S/C24H21N5O2/c30-24(25-21-14-6-11-17-8-4-5-13-20(17)21)22(16-19-12-7-15-31-19)29-23(26-27-28-29)18-9-2-1-3-10-18/h1-5,7-10,12-13,15-16,21H,6,11,14H2,(H,25,30)/b22-16-/t21-/m1/s1. The van der Waals surface area contributed by atoms with Gasteiger partial charge >= 0.3 is 0 Å². The van der Waals surface area contributed by atoms with Crippen molar-refractivity contribution in [3.63, 3.8) is 0 Å². The monoisotopic (exact) mass is 411 g/mol. The lowest BCUT2D eigenvalue weighted by molar-refractivity contribution is -0.116. The number of tetrazole rings is 1. The number of hydrogen-bond donors (Lipinski definition) is 1. The Morgan fingerprint density at radius 2 is 1.90 bits per heavy atom. The molecule has 5 rings (SSSR count). The lowest BCUT2D eigenvalue weighted by Crippen LogP contribution is -2.33. The quantitative estimate of drug-likeness (QED) is 0.499. The maximum Gasteiger partial charge on any atom is 0.270 e. The van der Waals surface area contributed by atoms with Crippen molar-refractivity contribution >= 4 is 17.7 Å². The van der Waals surface area contributed by atoms with E-state index in [9.17, 15) is 4.79 Å². The summed E-state index contributed by atoms with van der Waals surface area (Å²) < 4.78 is 6.93. The molecule has 7 nitrogen and oxygen atoms in total. The van der Waals surface area contributed by atoms with Crippen molar-refractivity contribution in [1.29, 1.82) is 0 Å². The molecule has 0 fully saturated rings. The van der Waals surface area contributed by atoms with Crippen LogP contribution in [-0.4, -0.2) is 26.1 Å². The summed E-state index contributed by atoms with van der Waals surface area (Å²) in [7, 11) is 0. The van der Waals surface area contributed by atoms with Crippen LogP contribution >= 0.6 is 0 Å². The third-order valence-corrected chi connectivity index (χ3v) is 5.46. The van der Waals surface area contributed by atoms with E-state index in [2.05, 4.69) is 33.0 Å². The van der Waals surface area contributed by atoms with Crippen LogP contribution in [0.25, 0.3) is 23.2 Å². The molecule has 4 aromatic rings. The third-order valence-electron chi connectivity index (χ3n) is 5.46. The Bertz CT molecular complexity index is 1210. The lowest BCUT2D eigenvalue weighted by atomic mass is 9.87. The van der Waals surface area contributed by atoms with Crippen molar-refractivity contribution in [1.82, 2.24) is 25.5 Å². The molecule has 0 saturated heterocycles. The molecule has 0 radical (unpaired) electrons. The average Bonchev–Trinajstić information content (AvgIpc) is 3.50. The van der Waals surface area contributed by atoms with Crippen LogP contribution in [0.15, 0.2) is 77.4 Å². The Kier molecular flexibility index (Phi) is 5.14. The van der Waals surface area contributed by atoms with Crippen molar-refractivity contribution in [2.24, 2.45) is 0 Å². The molecule has 2 aromatic heterocycles. The first kappa shape index (κ1) is 19.0. The van der Waals surface area contributed by atoms with Crippen LogP contribution in [0.4, 0.5) is 0 Å². The van der Waals surface area contributed by atoms with Gasteiger partial charge in [0.2, 0.25) is 0 Å². The molecule has 7 heteroatoms. The van der Waals surface area contributed by atoms with Gasteiger partial charge < -0.3 is 9.73 Å². The highest BCUT2D eigenvalue weighted by atomic mass is 16.3. The number of nitrogens with zero attached hydrogens (tertiary/aromatic N) is 4. The number of aryl methyl sites for hydroxylation is 1. The zero-order chi connectivity index (χ0) is 21.0. The molecule has 0 aliphatic heterocycles. The Morgan fingerprint density at radius 3 is 2.74 bits per heavy atom. The molecule has 2 heterocycles. The number of hydrogen-bond acceptors (Lipinski definition) is 5. The fourth-order valence-electron chi connectivity index (χ4n) is 3.98. The molecule has 0 saturated carbocycles. The van der Waals surface area contributed by atoms with E-state index >= 15 is 0 Å². The molecule has 0 bridgehead atoms. The molecular weight excluding hydrogens is 390 g/mol. The number of furan rings is 1. The first-order valence-electron chi connectivity index (χ1n) is 10.3. The predicted molar refractivity (Wildman–Crippen MR) is 116 cm³/mol. The number of rotatable bonds is 5. The van der Waals surface area contributed by atoms with Gasteiger partial charge in [0.15, 0.2) is 5.82 Å². The first-order valence-corrected chi connectivity index (χ1v) is 10.3. The van der Waals surface area contributed by atoms with Gasteiger partial charge in [0.05, 0.1) is 12.3 Å². The van der Waals surface area contributed by atoms with Gasteiger partial charge in [-0.15, -0.1) is 5.10 Å². The lowest BCUT2D eigenvalue weighted by Gasteiger charge is -2.26. The maximum atomic E-state index is 13.5. The molecule has 31 heavy (non-hydrogen) atoms. The zero-order valence-electron chi connectivity index (χ0n) is 16.8. The van der Waals surface area contributed by atoms with Crippen LogP contribution in [0.3, 0.4) is 0 Å². The number of fused-ring (bicyclic) bond motifs is 1. The van der Waals surface area contributed by atoms with Gasteiger partial charge in [-0.25, -0.2) is 0 Å². The van der Waals surface area contributed by atoms with Gasteiger partial charge in [-0.05, 0) is 52.9 Å². The molecule has 1 N–H and O–H groups in total. The summed E-state index contributed by atoms with van der Waals surface area (Å²) in [5.41, 5.74) is 3.55. The van der Waals surface area contributed by atoms with E-state index in [0.717, 1.165) is 24.8 Å². The molecular formula is C24H21N5O2. The number of aromatic nitrogens is 4. The molecule has 0 unspecified atom stereocenters. The van der Waals surface area contributed by atoms with E-state index in [4.69, 9.17) is 4.42 Å². The predicted octanol–water partition coefficient (Wildman–Crippen LogP) is 4.13. The number of nitrogens with one attached hydrogen (secondary N) is 1. The van der Waals surface area contributed by atoms with Gasteiger partial charge in [0.1, 0.15) is 11.5 Å². The van der Waals surface area contributed by atoms with Crippen LogP contribution < -0.4 is 5.32 Å². The molecule has 2 aromatic carbocycles. The van der Waals surface area contributed by atoms with Gasteiger partial charge in [0.25, 0.3) is 5.91 Å². The maximum absolute atomic E-state index is 13.5. The summed E-state index contributed by atoms with van der Waals surface area (Å²) in [6.45, 7) is 0. The van der Waals surface area contributed by atoms with Crippen LogP contribution in [0, 0.1) is 0 Å². The highest BCUT2D eigenvalue weighted by molar-refractivity contribution is 6.18. The average molecular weight is 411 g/mol. The number of benzene rings is 2. The van der Waals surface area contributed by atoms with Crippen molar-refractivity contribution in [3.05, 3.63) is 89.9 Å². The second-order valence-corrected chi connectivity index (χ2v) is 7.44. The molecule has 1 aliphatic carbocycles. The first-order chi connectivity index (χ1) is 15.3. The Labute approximate surface area is 179 Å². The van der Waals surface area contributed by atoms with Crippen LogP contribution in [0.1, 0.15) is 35.8 Å². The fourth-order valence-corrected chi connectivity index (χ4v) is 3.98. The molecule has 1 aliphatic rings. The number of amides is 1. The molecule has 1 amide bonds. The minimum Gasteiger partial charge on any atom is -0.465 e. The minimum absolute atomic E-state index is 0.0610. The number of carbonyl (C=O) groups excluding carboxylic acids is 1. The van der Waals surface area contributed by atoms with Crippen molar-refractivity contribution < 1.29 is 9.21 Å². The summed E-state index contributed by atoms with van der Waals surface area (Å²) in [5.74, 6) is 0.767. The smallest absolute Gasteiger partial charge is 0.270 e. The fraction of sp³-hybridized carbons (Fsp3) is 0.167. The SMILES string of the molecule is O=C(N[C@@H]1CCCc2ccccc21)/C(=C/c1ccco1)n1nnnc1-c1ccccc1. The summed E-state index contributed by atoms with van der Waals surface area (Å²) in [6, 6.07) is 21.3. The van der Waals surface area contributed by atoms with Crippen molar-refractivity contribution in [2.75, 3.05) is 0 Å². The van der Waals surface area contributed by atoms with E-state index in [-0.39, 0.29) is 11.9 Å². The summed E-state index contributed by atoms with van der Waals surface area (Å²) in [4.78, 5) is 13.5. The van der Waals surface area contributed by atoms with Gasteiger partial charge in [0, 0.05) is 11.6 Å². The van der Waals surface area contributed by atoms with Crippen LogP contribution in [0.2, 0.25) is 0 Å². The van der Waals surface area contributed by atoms with E-state index < -0.39 is 0 Å². The van der Waals surface area contributed by atoms with Gasteiger partial charge in [-0.3, -0.25) is 4.79 Å². The van der Waals surface area contributed by atoms with E-state index in [0.29, 0.717) is 17.3 Å². The normalized spacial score (nSPS) is 16.0. The Morgan fingerprint density at radius 1 is 1.06 bits per heavy atom. The second-order valence-electron chi connectivity index (χ2n) is 7.44. The Balaban J connectivity index is 1.52. The summed E-state index contributed by atoms with van der Waals surface area (Å²) >= 11 is 0. The minimum atomic E-state index is -0.261. The van der Waals surface area contributed by atoms with Gasteiger partial charge in [-0.2, -0.15) is 4.68 Å². The van der Waals surface area contributed by atoms with Gasteiger partial charge in [-0.1, -0.05) is 54.6 Å². The summed E-state index contributed by atoms with van der Waals surface area (Å²) in [5, 5.41) is 15.3. The largest absolute Gasteiger partial charge is 0.465 e. The van der Waals surface area contributed by atoms with E-state index in [1.807, 2.05) is 42.5 Å².